The van der Waals surface area contributed by atoms with Gasteiger partial charge in [0, 0.05) is 24.8 Å². The second kappa shape index (κ2) is 4.51. The van der Waals surface area contributed by atoms with Crippen LogP contribution >= 0.6 is 0 Å². The molecule has 1 aliphatic carbocycles. The van der Waals surface area contributed by atoms with E-state index >= 15 is 0 Å². The molecule has 0 aliphatic heterocycles. The molecule has 1 aromatic heterocycles. The van der Waals surface area contributed by atoms with Gasteiger partial charge in [0.2, 0.25) is 0 Å². The Morgan fingerprint density at radius 1 is 1.44 bits per heavy atom. The molecule has 16 heavy (non-hydrogen) atoms. The van der Waals surface area contributed by atoms with E-state index in [1.165, 1.54) is 25.7 Å². The van der Waals surface area contributed by atoms with Crippen LogP contribution in [0.25, 0.3) is 0 Å². The average Bonchev–Trinajstić information content (AvgIpc) is 2.81. The predicted octanol–water partition coefficient (Wildman–Crippen LogP) is 1.74. The second-order valence-electron chi connectivity index (χ2n) is 4.37. The number of aromatic nitrogens is 1. The van der Waals surface area contributed by atoms with Crippen LogP contribution in [0.1, 0.15) is 31.2 Å². The van der Waals surface area contributed by atoms with Gasteiger partial charge < -0.3 is 10.6 Å². The van der Waals surface area contributed by atoms with Gasteiger partial charge in [-0.1, -0.05) is 12.8 Å². The third-order valence-corrected chi connectivity index (χ3v) is 3.29. The van der Waals surface area contributed by atoms with Crippen molar-refractivity contribution in [2.24, 2.45) is 5.73 Å². The number of anilines is 1. The first-order chi connectivity index (χ1) is 7.68. The lowest BCUT2D eigenvalue weighted by Crippen LogP contribution is -2.29. The summed E-state index contributed by atoms with van der Waals surface area (Å²) >= 11 is 0. The number of nitrogens with one attached hydrogen (secondary N) is 1. The second-order valence-corrected chi connectivity index (χ2v) is 4.37. The minimum Gasteiger partial charge on any atom is -0.384 e. The predicted molar refractivity (Wildman–Crippen MR) is 65.9 cm³/mol. The Kier molecular flexibility index (Phi) is 3.08. The summed E-state index contributed by atoms with van der Waals surface area (Å²) in [5, 5.41) is 7.30. The molecule has 0 bridgehead atoms. The Hall–Kier alpha value is -1.58. The summed E-state index contributed by atoms with van der Waals surface area (Å²) in [6.07, 6.45) is 6.82. The zero-order chi connectivity index (χ0) is 11.5. The van der Waals surface area contributed by atoms with Crippen LogP contribution in [0, 0.1) is 5.41 Å². The van der Waals surface area contributed by atoms with Crippen LogP contribution in [0.3, 0.4) is 0 Å². The molecule has 4 heteroatoms. The smallest absolute Gasteiger partial charge is 0.128 e. The van der Waals surface area contributed by atoms with Crippen LogP contribution in [-0.4, -0.2) is 23.9 Å². The fourth-order valence-electron chi connectivity index (χ4n) is 2.23. The van der Waals surface area contributed by atoms with Crippen molar-refractivity contribution in [2.75, 3.05) is 11.9 Å². The van der Waals surface area contributed by atoms with Crippen LogP contribution in [-0.2, 0) is 0 Å². The van der Waals surface area contributed by atoms with E-state index in [4.69, 9.17) is 11.1 Å². The lowest BCUT2D eigenvalue weighted by Gasteiger charge is -2.25. The Labute approximate surface area is 96.0 Å². The topological polar surface area (TPSA) is 66.0 Å². The summed E-state index contributed by atoms with van der Waals surface area (Å²) in [7, 11) is 2.09. The Morgan fingerprint density at radius 2 is 2.12 bits per heavy atom. The SMILES string of the molecule is CN(c1ccc(C(=N)N)cn1)C1CCCC1. The first-order valence-electron chi connectivity index (χ1n) is 5.72. The lowest BCUT2D eigenvalue weighted by atomic mass is 10.2. The molecule has 0 saturated heterocycles. The highest BCUT2D eigenvalue weighted by Crippen LogP contribution is 2.25. The Morgan fingerprint density at radius 3 is 2.62 bits per heavy atom. The molecule has 0 radical (unpaired) electrons. The van der Waals surface area contributed by atoms with Gasteiger partial charge in [0.1, 0.15) is 11.7 Å². The third kappa shape index (κ3) is 2.15. The standard InChI is InChI=1S/C12H18N4/c1-16(10-4-2-3-5-10)11-7-6-9(8-15-11)12(13)14/h6-8,10H,2-5H2,1H3,(H3,13,14). The van der Waals surface area contributed by atoms with Crippen molar-refractivity contribution in [1.29, 1.82) is 5.41 Å². The summed E-state index contributed by atoms with van der Waals surface area (Å²) in [6, 6.07) is 4.42. The van der Waals surface area contributed by atoms with Gasteiger partial charge >= 0.3 is 0 Å². The van der Waals surface area contributed by atoms with E-state index in [-0.39, 0.29) is 5.84 Å². The van der Waals surface area contributed by atoms with Gasteiger partial charge in [-0.2, -0.15) is 0 Å². The highest BCUT2D eigenvalue weighted by atomic mass is 15.2. The summed E-state index contributed by atoms with van der Waals surface area (Å²) in [5.74, 6) is 1.04. The maximum atomic E-state index is 7.30. The Balaban J connectivity index is 2.11. The summed E-state index contributed by atoms with van der Waals surface area (Å²) < 4.78 is 0. The molecular weight excluding hydrogens is 200 g/mol. The van der Waals surface area contributed by atoms with Gasteiger partial charge in [-0.15, -0.1) is 0 Å². The van der Waals surface area contributed by atoms with Crippen LogP contribution in [0.2, 0.25) is 0 Å². The van der Waals surface area contributed by atoms with E-state index in [1.807, 2.05) is 12.1 Å². The number of nitrogens with two attached hydrogens (primary N) is 1. The first-order valence-corrected chi connectivity index (χ1v) is 5.72. The van der Waals surface area contributed by atoms with Gasteiger partial charge in [0.15, 0.2) is 0 Å². The normalized spacial score (nSPS) is 16.3. The van der Waals surface area contributed by atoms with Crippen LogP contribution in [0.15, 0.2) is 18.3 Å². The summed E-state index contributed by atoms with van der Waals surface area (Å²) in [6.45, 7) is 0. The highest BCUT2D eigenvalue weighted by molar-refractivity contribution is 5.94. The number of hydrogen-bond donors (Lipinski definition) is 2. The minimum atomic E-state index is 0.0718. The molecule has 4 nitrogen and oxygen atoms in total. The van der Waals surface area contributed by atoms with Gasteiger partial charge in [-0.25, -0.2) is 4.98 Å². The molecule has 0 spiro atoms. The largest absolute Gasteiger partial charge is 0.384 e. The maximum Gasteiger partial charge on any atom is 0.128 e. The van der Waals surface area contributed by atoms with E-state index in [9.17, 15) is 0 Å². The van der Waals surface area contributed by atoms with E-state index in [0.29, 0.717) is 11.6 Å². The van der Waals surface area contributed by atoms with Crippen LogP contribution in [0.4, 0.5) is 5.82 Å². The van der Waals surface area contributed by atoms with Crippen LogP contribution in [0.5, 0.6) is 0 Å². The van der Waals surface area contributed by atoms with E-state index in [1.54, 1.807) is 6.20 Å². The highest BCUT2D eigenvalue weighted by Gasteiger charge is 2.20. The molecule has 0 aromatic carbocycles. The maximum absolute atomic E-state index is 7.30. The van der Waals surface area contributed by atoms with Crippen molar-refractivity contribution >= 4 is 11.7 Å². The number of rotatable bonds is 3. The monoisotopic (exact) mass is 218 g/mol. The van der Waals surface area contributed by atoms with Gasteiger partial charge in [-0.05, 0) is 25.0 Å². The summed E-state index contributed by atoms with van der Waals surface area (Å²) in [5.41, 5.74) is 6.08. The quantitative estimate of drug-likeness (QED) is 0.600. The van der Waals surface area contributed by atoms with Crippen molar-refractivity contribution in [3.8, 4) is 0 Å². The third-order valence-electron chi connectivity index (χ3n) is 3.29. The van der Waals surface area contributed by atoms with Crippen molar-refractivity contribution in [1.82, 2.24) is 4.98 Å². The molecular formula is C12H18N4. The van der Waals surface area contributed by atoms with Gasteiger partial charge in [-0.3, -0.25) is 5.41 Å². The fourth-order valence-corrected chi connectivity index (χ4v) is 2.23. The molecule has 0 amide bonds. The number of nitrogens with zero attached hydrogens (tertiary/aromatic N) is 2. The molecule has 1 heterocycles. The zero-order valence-corrected chi connectivity index (χ0v) is 9.61. The van der Waals surface area contributed by atoms with E-state index in [2.05, 4.69) is 16.9 Å². The molecule has 1 aromatic rings. The Bertz CT molecular complexity index is 365. The molecule has 2 rings (SSSR count). The van der Waals surface area contributed by atoms with E-state index in [0.717, 1.165) is 5.82 Å². The first kappa shape index (κ1) is 10.9. The number of amidine groups is 1. The minimum absolute atomic E-state index is 0.0718. The van der Waals surface area contributed by atoms with Gasteiger partial charge in [0.25, 0.3) is 0 Å². The van der Waals surface area contributed by atoms with Gasteiger partial charge in [0.05, 0.1) is 0 Å². The number of pyridine rings is 1. The van der Waals surface area contributed by atoms with Crippen molar-refractivity contribution < 1.29 is 0 Å². The zero-order valence-electron chi connectivity index (χ0n) is 9.61. The van der Waals surface area contributed by atoms with Crippen molar-refractivity contribution in [3.63, 3.8) is 0 Å². The molecule has 0 atom stereocenters. The average molecular weight is 218 g/mol. The lowest BCUT2D eigenvalue weighted by molar-refractivity contribution is 0.646. The van der Waals surface area contributed by atoms with Crippen LogP contribution < -0.4 is 10.6 Å². The number of hydrogen-bond acceptors (Lipinski definition) is 3. The van der Waals surface area contributed by atoms with Crippen molar-refractivity contribution in [2.45, 2.75) is 31.7 Å². The molecule has 0 unspecified atom stereocenters. The molecule has 1 saturated carbocycles. The molecule has 86 valence electrons. The fraction of sp³-hybridized carbons (Fsp3) is 0.500. The summed E-state index contributed by atoms with van der Waals surface area (Å²) in [4.78, 5) is 6.58. The van der Waals surface area contributed by atoms with E-state index < -0.39 is 0 Å². The molecule has 3 N–H and O–H groups in total. The van der Waals surface area contributed by atoms with Crippen molar-refractivity contribution in [3.05, 3.63) is 23.9 Å². The number of nitrogen functional groups attached to an aromatic ring is 1. The molecule has 1 fully saturated rings. The molecule has 1 aliphatic rings.